The van der Waals surface area contributed by atoms with Gasteiger partial charge in [0.05, 0.1) is 25.9 Å². The zero-order chi connectivity index (χ0) is 22.5. The molecule has 0 aromatic heterocycles. The summed E-state index contributed by atoms with van der Waals surface area (Å²) in [5, 5.41) is 2.06. The third kappa shape index (κ3) is 4.02. The molecule has 4 aliphatic rings. The minimum atomic E-state index is -0.763. The molecule has 1 spiro atoms. The van der Waals surface area contributed by atoms with Crippen molar-refractivity contribution >= 4 is 0 Å². The van der Waals surface area contributed by atoms with E-state index in [-0.39, 0.29) is 24.4 Å². The Morgan fingerprint density at radius 1 is 0.939 bits per heavy atom. The standard InChI is InChI=1S/C26H31NO6/c1-25(2)30-22-23(29-15-19-11-7-4-8-12-19)26(32-24(22)31-25)17-28-16-20-13-21(26)27(33-20)14-18-9-5-3-6-10-18/h3-12,20-24H,13-17H2,1-2H3/t20?,21?,22?,23-,24?,26-/m1/s1. The van der Waals surface area contributed by atoms with E-state index >= 15 is 0 Å². The van der Waals surface area contributed by atoms with Crippen molar-refractivity contribution in [3.05, 3.63) is 71.8 Å². The topological polar surface area (TPSA) is 58.6 Å². The SMILES string of the molecule is CC1(C)OC2O[C@@]3(COCC4CC3N(Cc3ccccc3)O4)[C@H](OCc3ccccc3)C2O1. The van der Waals surface area contributed by atoms with Gasteiger partial charge in [-0.25, -0.2) is 0 Å². The Morgan fingerprint density at radius 3 is 2.42 bits per heavy atom. The van der Waals surface area contributed by atoms with Crippen LogP contribution < -0.4 is 0 Å². The maximum absolute atomic E-state index is 6.71. The van der Waals surface area contributed by atoms with E-state index in [9.17, 15) is 0 Å². The molecular weight excluding hydrogens is 422 g/mol. The highest BCUT2D eigenvalue weighted by molar-refractivity contribution is 5.18. The average Bonchev–Trinajstić information content (AvgIpc) is 3.37. The van der Waals surface area contributed by atoms with E-state index in [1.54, 1.807) is 0 Å². The molecule has 176 valence electrons. The molecule has 2 aromatic carbocycles. The number of rotatable bonds is 5. The number of benzene rings is 2. The molecule has 0 aliphatic carbocycles. The van der Waals surface area contributed by atoms with Gasteiger partial charge >= 0.3 is 0 Å². The maximum atomic E-state index is 6.71. The predicted molar refractivity (Wildman–Crippen MR) is 119 cm³/mol. The molecule has 4 fully saturated rings. The van der Waals surface area contributed by atoms with Crippen molar-refractivity contribution in [1.82, 2.24) is 5.06 Å². The highest BCUT2D eigenvalue weighted by Crippen LogP contribution is 2.50. The van der Waals surface area contributed by atoms with Crippen LogP contribution in [0.2, 0.25) is 0 Å². The van der Waals surface area contributed by atoms with Crippen LogP contribution in [0.4, 0.5) is 0 Å². The number of hydroxylamine groups is 2. The van der Waals surface area contributed by atoms with Crippen molar-refractivity contribution in [2.24, 2.45) is 0 Å². The zero-order valence-corrected chi connectivity index (χ0v) is 19.1. The summed E-state index contributed by atoms with van der Waals surface area (Å²) in [6.07, 6.45) is -0.424. The number of hydrogen-bond donors (Lipinski definition) is 0. The van der Waals surface area contributed by atoms with Crippen molar-refractivity contribution in [2.45, 2.75) is 75.5 Å². The second-order valence-electron chi connectivity index (χ2n) is 9.81. The van der Waals surface area contributed by atoms with Gasteiger partial charge in [0.1, 0.15) is 23.9 Å². The fourth-order valence-corrected chi connectivity index (χ4v) is 5.57. The summed E-state index contributed by atoms with van der Waals surface area (Å²) in [6.45, 7) is 5.88. The van der Waals surface area contributed by atoms with E-state index < -0.39 is 17.7 Å². The molecule has 7 heteroatoms. The van der Waals surface area contributed by atoms with Crippen LogP contribution in [-0.2, 0) is 41.7 Å². The minimum absolute atomic E-state index is 0.00446. The third-order valence-electron chi connectivity index (χ3n) is 6.97. The van der Waals surface area contributed by atoms with E-state index in [4.69, 9.17) is 28.5 Å². The molecule has 2 aromatic rings. The Labute approximate surface area is 194 Å². The van der Waals surface area contributed by atoms with Gasteiger partial charge in [-0.2, -0.15) is 5.06 Å². The summed E-state index contributed by atoms with van der Waals surface area (Å²) in [5.74, 6) is -0.727. The summed E-state index contributed by atoms with van der Waals surface area (Å²) >= 11 is 0. The van der Waals surface area contributed by atoms with E-state index in [1.807, 2.05) is 38.1 Å². The van der Waals surface area contributed by atoms with Crippen molar-refractivity contribution in [2.75, 3.05) is 13.2 Å². The van der Waals surface area contributed by atoms with Gasteiger partial charge in [-0.05, 0) is 31.4 Å². The Hall–Kier alpha value is -1.84. The first-order valence-corrected chi connectivity index (χ1v) is 11.8. The lowest BCUT2D eigenvalue weighted by molar-refractivity contribution is -0.294. The molecule has 33 heavy (non-hydrogen) atoms. The normalized spacial score (nSPS) is 37.3. The lowest BCUT2D eigenvalue weighted by Crippen LogP contribution is -2.60. The average molecular weight is 454 g/mol. The van der Waals surface area contributed by atoms with Crippen LogP contribution in [0.5, 0.6) is 0 Å². The molecule has 4 aliphatic heterocycles. The molecule has 0 N–H and O–H groups in total. The zero-order valence-electron chi connectivity index (χ0n) is 19.1. The van der Waals surface area contributed by atoms with E-state index in [0.29, 0.717) is 26.4 Å². The van der Waals surface area contributed by atoms with Crippen LogP contribution in [0.1, 0.15) is 31.4 Å². The van der Waals surface area contributed by atoms with E-state index in [2.05, 4.69) is 41.5 Å². The lowest BCUT2D eigenvalue weighted by Gasteiger charge is -2.43. The van der Waals surface area contributed by atoms with Crippen LogP contribution in [0, 0.1) is 0 Å². The summed E-state index contributed by atoms with van der Waals surface area (Å²) in [6, 6.07) is 20.5. The molecule has 0 amide bonds. The summed E-state index contributed by atoms with van der Waals surface area (Å²) in [4.78, 5) is 6.32. The lowest BCUT2D eigenvalue weighted by atomic mass is 9.85. The monoisotopic (exact) mass is 453 g/mol. The molecule has 6 rings (SSSR count). The molecule has 4 saturated heterocycles. The van der Waals surface area contributed by atoms with Crippen LogP contribution in [0.3, 0.4) is 0 Å². The first kappa shape index (κ1) is 21.7. The quantitative estimate of drug-likeness (QED) is 0.688. The van der Waals surface area contributed by atoms with Gasteiger partial charge in [0.15, 0.2) is 12.1 Å². The van der Waals surface area contributed by atoms with Crippen LogP contribution >= 0.6 is 0 Å². The van der Waals surface area contributed by atoms with Crippen molar-refractivity contribution < 1.29 is 28.5 Å². The van der Waals surface area contributed by atoms with Gasteiger partial charge < -0.3 is 23.7 Å². The summed E-state index contributed by atoms with van der Waals surface area (Å²) in [7, 11) is 0. The Balaban J connectivity index is 1.32. The Kier molecular flexibility index (Phi) is 5.54. The highest BCUT2D eigenvalue weighted by Gasteiger charge is 2.68. The molecule has 4 unspecified atom stereocenters. The number of ether oxygens (including phenoxy) is 5. The first-order valence-electron chi connectivity index (χ1n) is 11.8. The van der Waals surface area contributed by atoms with Crippen LogP contribution in [0.15, 0.2) is 60.7 Å². The second-order valence-corrected chi connectivity index (χ2v) is 9.81. The second kappa shape index (κ2) is 8.43. The summed E-state index contributed by atoms with van der Waals surface area (Å²) in [5.41, 5.74) is 1.53. The smallest absolute Gasteiger partial charge is 0.190 e. The highest BCUT2D eigenvalue weighted by atomic mass is 16.9. The number of nitrogens with zero attached hydrogens (tertiary/aromatic N) is 1. The molecule has 6 atom stereocenters. The van der Waals surface area contributed by atoms with Gasteiger partial charge in [0.25, 0.3) is 0 Å². The van der Waals surface area contributed by atoms with E-state index in [0.717, 1.165) is 12.0 Å². The van der Waals surface area contributed by atoms with Crippen LogP contribution in [-0.4, -0.2) is 60.3 Å². The van der Waals surface area contributed by atoms with Crippen molar-refractivity contribution in [3.8, 4) is 0 Å². The molecule has 0 radical (unpaired) electrons. The molecule has 0 saturated carbocycles. The fraction of sp³-hybridized carbons (Fsp3) is 0.538. The van der Waals surface area contributed by atoms with Gasteiger partial charge in [-0.15, -0.1) is 0 Å². The fourth-order valence-electron chi connectivity index (χ4n) is 5.57. The van der Waals surface area contributed by atoms with Crippen LogP contribution in [0.25, 0.3) is 0 Å². The molecule has 7 nitrogen and oxygen atoms in total. The molecule has 4 heterocycles. The summed E-state index contributed by atoms with van der Waals surface area (Å²) < 4.78 is 31.9. The maximum Gasteiger partial charge on any atom is 0.190 e. The van der Waals surface area contributed by atoms with Crippen molar-refractivity contribution in [1.29, 1.82) is 0 Å². The van der Waals surface area contributed by atoms with Gasteiger partial charge in [-0.3, -0.25) is 4.84 Å². The Morgan fingerprint density at radius 2 is 1.67 bits per heavy atom. The van der Waals surface area contributed by atoms with Gasteiger partial charge in [-0.1, -0.05) is 60.7 Å². The minimum Gasteiger partial charge on any atom is -0.375 e. The van der Waals surface area contributed by atoms with Gasteiger partial charge in [0, 0.05) is 6.54 Å². The molecular formula is C26H31NO6. The first-order chi connectivity index (χ1) is 16.0. The van der Waals surface area contributed by atoms with E-state index in [1.165, 1.54) is 5.56 Å². The number of fused-ring (bicyclic) bond motifs is 4. The predicted octanol–water partition coefficient (Wildman–Crippen LogP) is 3.42. The van der Waals surface area contributed by atoms with Gasteiger partial charge in [0.2, 0.25) is 0 Å². The largest absolute Gasteiger partial charge is 0.375 e. The van der Waals surface area contributed by atoms with Crippen molar-refractivity contribution in [3.63, 3.8) is 0 Å². The molecule has 2 bridgehead atoms. The number of hydrogen-bond acceptors (Lipinski definition) is 7. The third-order valence-corrected chi connectivity index (χ3v) is 6.97. The Bertz CT molecular complexity index is 956.